The van der Waals surface area contributed by atoms with E-state index in [1.165, 1.54) is 12.3 Å². The van der Waals surface area contributed by atoms with Crippen molar-refractivity contribution >= 4 is 23.3 Å². The van der Waals surface area contributed by atoms with Crippen LogP contribution in [0, 0.1) is 10.1 Å². The summed E-state index contributed by atoms with van der Waals surface area (Å²) in [5.74, 6) is -0.240. The van der Waals surface area contributed by atoms with E-state index in [0.29, 0.717) is 0 Å². The molecule has 92 valence electrons. The van der Waals surface area contributed by atoms with E-state index in [0.717, 1.165) is 18.1 Å². The number of nitrogens with zero attached hydrogens (tertiary/aromatic N) is 4. The Morgan fingerprint density at radius 1 is 1.39 bits per heavy atom. The van der Waals surface area contributed by atoms with Gasteiger partial charge in [0.2, 0.25) is 5.82 Å². The molecule has 0 radical (unpaired) electrons. The smallest absolute Gasteiger partial charge is 0.343 e. The summed E-state index contributed by atoms with van der Waals surface area (Å²) >= 11 is 0.831. The summed E-state index contributed by atoms with van der Waals surface area (Å²) in [6.07, 6.45) is 2.39. The molecule has 3 N–H and O–H groups in total. The number of aromatic nitrogens is 4. The van der Waals surface area contributed by atoms with Crippen LogP contribution in [0.2, 0.25) is 0 Å². The van der Waals surface area contributed by atoms with Gasteiger partial charge in [0.05, 0.1) is 4.92 Å². The molecule has 0 spiro atoms. The molecular weight excluding hydrogens is 260 g/mol. The van der Waals surface area contributed by atoms with Crippen LogP contribution in [-0.4, -0.2) is 24.9 Å². The van der Waals surface area contributed by atoms with Crippen LogP contribution in [0.5, 0.6) is 0 Å². The second kappa shape index (κ2) is 4.79. The number of aromatic amines is 1. The third-order valence-electron chi connectivity index (χ3n) is 1.84. The maximum Gasteiger partial charge on any atom is 0.343 e. The average molecular weight is 266 g/mol. The monoisotopic (exact) mass is 266 g/mol. The molecule has 2 aromatic heterocycles. The number of anilines is 1. The van der Waals surface area contributed by atoms with Gasteiger partial charge in [0.1, 0.15) is 6.33 Å². The molecule has 2 rings (SSSR count). The number of nitrogens with two attached hydrogens (primary N) is 1. The number of hydrogen-bond donors (Lipinski definition) is 2. The Morgan fingerprint density at radius 2 is 2.17 bits per heavy atom. The van der Waals surface area contributed by atoms with Crippen molar-refractivity contribution in [3.63, 3.8) is 0 Å². The topological polar surface area (TPSA) is 141 Å². The molecule has 0 amide bonds. The Kier molecular flexibility index (Phi) is 3.19. The minimum atomic E-state index is -0.682. The van der Waals surface area contributed by atoms with Gasteiger partial charge in [-0.25, -0.2) is 15.0 Å². The Labute approximate surface area is 104 Å². The molecule has 0 bridgehead atoms. The Bertz CT molecular complexity index is 657. The fourth-order valence-corrected chi connectivity index (χ4v) is 1.94. The maximum atomic E-state index is 11.1. The van der Waals surface area contributed by atoms with E-state index in [1.54, 1.807) is 0 Å². The lowest BCUT2D eigenvalue weighted by Crippen LogP contribution is -2.06. The molecule has 0 saturated heterocycles. The van der Waals surface area contributed by atoms with E-state index in [1.807, 2.05) is 0 Å². The van der Waals surface area contributed by atoms with E-state index < -0.39 is 10.6 Å². The van der Waals surface area contributed by atoms with Crippen molar-refractivity contribution in [3.8, 4) is 0 Å². The summed E-state index contributed by atoms with van der Waals surface area (Å²) in [6.45, 7) is 0. The van der Waals surface area contributed by atoms with Gasteiger partial charge in [-0.05, 0) is 11.8 Å². The fraction of sp³-hybridized carbons (Fsp3) is 0. The zero-order valence-corrected chi connectivity index (χ0v) is 9.55. The average Bonchev–Trinajstić information content (AvgIpc) is 2.28. The SMILES string of the molecule is Nc1ncnc(Sc2nccc(=O)[nH]2)c1[N+](=O)[O-]. The van der Waals surface area contributed by atoms with Gasteiger partial charge in [0, 0.05) is 12.3 Å². The van der Waals surface area contributed by atoms with Crippen LogP contribution in [0.1, 0.15) is 0 Å². The highest BCUT2D eigenvalue weighted by Crippen LogP contribution is 2.32. The normalized spacial score (nSPS) is 10.2. The van der Waals surface area contributed by atoms with Gasteiger partial charge in [0.25, 0.3) is 5.56 Å². The summed E-state index contributed by atoms with van der Waals surface area (Å²) in [5, 5.41) is 11.0. The Hall–Kier alpha value is -2.49. The van der Waals surface area contributed by atoms with Gasteiger partial charge in [-0.1, -0.05) is 0 Å². The van der Waals surface area contributed by atoms with Gasteiger partial charge < -0.3 is 10.7 Å². The molecule has 18 heavy (non-hydrogen) atoms. The number of nitrogen functional groups attached to an aromatic ring is 1. The van der Waals surface area contributed by atoms with E-state index in [9.17, 15) is 14.9 Å². The number of hydrogen-bond acceptors (Lipinski definition) is 8. The standard InChI is InChI=1S/C8H6N6O3S/c9-6-5(14(16)17)7(12-3-11-6)18-8-10-2-1-4(15)13-8/h1-3H,(H2,9,11,12)(H,10,13,15). The molecule has 0 aliphatic heterocycles. The zero-order valence-electron chi connectivity index (χ0n) is 8.73. The van der Waals surface area contributed by atoms with Gasteiger partial charge >= 0.3 is 5.69 Å². The second-order valence-corrected chi connectivity index (χ2v) is 3.99. The summed E-state index contributed by atoms with van der Waals surface area (Å²) < 4.78 is 0. The zero-order chi connectivity index (χ0) is 13.1. The number of nitrogens with one attached hydrogen (secondary N) is 1. The third-order valence-corrected chi connectivity index (χ3v) is 2.73. The van der Waals surface area contributed by atoms with Crippen LogP contribution >= 0.6 is 11.8 Å². The maximum absolute atomic E-state index is 11.1. The van der Waals surface area contributed by atoms with Crippen LogP contribution < -0.4 is 11.3 Å². The first kappa shape index (κ1) is 12.0. The second-order valence-electron chi connectivity index (χ2n) is 3.01. The quantitative estimate of drug-likeness (QED) is 0.347. The highest BCUT2D eigenvalue weighted by molar-refractivity contribution is 7.99. The van der Waals surface area contributed by atoms with E-state index >= 15 is 0 Å². The van der Waals surface area contributed by atoms with Crippen molar-refractivity contribution in [2.75, 3.05) is 5.73 Å². The summed E-state index contributed by atoms with van der Waals surface area (Å²) in [5.41, 5.74) is 4.64. The summed E-state index contributed by atoms with van der Waals surface area (Å²) in [7, 11) is 0. The molecule has 2 heterocycles. The van der Waals surface area contributed by atoms with Crippen LogP contribution in [-0.2, 0) is 0 Å². The lowest BCUT2D eigenvalue weighted by molar-refractivity contribution is -0.387. The van der Waals surface area contributed by atoms with Crippen molar-refractivity contribution in [2.24, 2.45) is 0 Å². The fourth-order valence-electron chi connectivity index (χ4n) is 1.12. The number of rotatable bonds is 3. The van der Waals surface area contributed by atoms with Crippen molar-refractivity contribution in [2.45, 2.75) is 10.2 Å². The van der Waals surface area contributed by atoms with Crippen LogP contribution in [0.25, 0.3) is 0 Å². The highest BCUT2D eigenvalue weighted by Gasteiger charge is 2.22. The van der Waals surface area contributed by atoms with Gasteiger partial charge in [-0.2, -0.15) is 0 Å². The van der Waals surface area contributed by atoms with E-state index in [2.05, 4.69) is 19.9 Å². The largest absolute Gasteiger partial charge is 0.378 e. The predicted octanol–water partition coefficient (Wildman–Crippen LogP) is 0.201. The van der Waals surface area contributed by atoms with Crippen molar-refractivity contribution < 1.29 is 4.92 Å². The van der Waals surface area contributed by atoms with E-state index in [-0.39, 0.29) is 21.6 Å². The first-order valence-electron chi connectivity index (χ1n) is 4.56. The molecule has 0 atom stereocenters. The first-order valence-corrected chi connectivity index (χ1v) is 5.37. The predicted molar refractivity (Wildman–Crippen MR) is 62.1 cm³/mol. The number of H-pyrrole nitrogens is 1. The van der Waals surface area contributed by atoms with Crippen LogP contribution in [0.3, 0.4) is 0 Å². The minimum Gasteiger partial charge on any atom is -0.378 e. The Balaban J connectivity index is 2.43. The molecule has 0 saturated carbocycles. The third kappa shape index (κ3) is 2.43. The molecule has 0 aliphatic rings. The van der Waals surface area contributed by atoms with E-state index in [4.69, 9.17) is 5.73 Å². The molecule has 0 aliphatic carbocycles. The molecule has 0 aromatic carbocycles. The lowest BCUT2D eigenvalue weighted by atomic mass is 10.5. The van der Waals surface area contributed by atoms with Crippen LogP contribution in [0.15, 0.2) is 33.6 Å². The van der Waals surface area contributed by atoms with Crippen molar-refractivity contribution in [3.05, 3.63) is 39.1 Å². The lowest BCUT2D eigenvalue weighted by Gasteiger charge is -2.01. The molecule has 10 heteroatoms. The molecule has 9 nitrogen and oxygen atoms in total. The first-order chi connectivity index (χ1) is 8.58. The van der Waals surface area contributed by atoms with Gasteiger partial charge in [-0.15, -0.1) is 0 Å². The summed E-state index contributed by atoms with van der Waals surface area (Å²) in [4.78, 5) is 34.8. The summed E-state index contributed by atoms with van der Waals surface area (Å²) in [6, 6.07) is 1.23. The highest BCUT2D eigenvalue weighted by atomic mass is 32.2. The van der Waals surface area contributed by atoms with Crippen molar-refractivity contribution in [1.29, 1.82) is 0 Å². The molecule has 0 fully saturated rings. The molecular formula is C8H6N6O3S. The number of nitro groups is 1. The molecule has 0 unspecified atom stereocenters. The van der Waals surface area contributed by atoms with Gasteiger partial charge in [0.15, 0.2) is 10.2 Å². The van der Waals surface area contributed by atoms with Gasteiger partial charge in [-0.3, -0.25) is 14.9 Å². The minimum absolute atomic E-state index is 0.0156. The molecule has 2 aromatic rings. The van der Waals surface area contributed by atoms with Crippen LogP contribution in [0.4, 0.5) is 11.5 Å². The Morgan fingerprint density at radius 3 is 2.83 bits per heavy atom. The van der Waals surface area contributed by atoms with Crippen molar-refractivity contribution in [1.82, 2.24) is 19.9 Å².